The molecule has 0 amide bonds. The van der Waals surface area contributed by atoms with Gasteiger partial charge in [-0.2, -0.15) is 0 Å². The minimum Gasteiger partial charge on any atom is -0.306 e. The fraction of sp³-hybridized carbons (Fsp3) is 0.0714. The Bertz CT molecular complexity index is 841. The summed E-state index contributed by atoms with van der Waals surface area (Å²) in [5.74, 6) is -0.294. The van der Waals surface area contributed by atoms with Gasteiger partial charge in [0.1, 0.15) is 5.82 Å². The van der Waals surface area contributed by atoms with Gasteiger partial charge in [-0.05, 0) is 39.7 Å². The summed E-state index contributed by atoms with van der Waals surface area (Å²) in [4.78, 5) is 16.3. The topological polar surface area (TPSA) is 48.6 Å². The number of halogens is 3. The van der Waals surface area contributed by atoms with Crippen LogP contribution in [-0.4, -0.2) is 9.97 Å². The number of aromatic amines is 2. The van der Waals surface area contributed by atoms with Gasteiger partial charge in [0.05, 0.1) is 20.3 Å². The number of rotatable bonds is 2. The van der Waals surface area contributed by atoms with Crippen molar-refractivity contribution in [2.24, 2.45) is 0 Å². The molecule has 0 aliphatic heterocycles. The molecule has 3 aromatic rings. The fourth-order valence-electron chi connectivity index (χ4n) is 2.10. The highest BCUT2D eigenvalue weighted by Gasteiger charge is 2.17. The van der Waals surface area contributed by atoms with Crippen LogP contribution in [0.15, 0.2) is 45.7 Å². The van der Waals surface area contributed by atoms with Crippen LogP contribution in [0.2, 0.25) is 0 Å². The predicted octanol–water partition coefficient (Wildman–Crippen LogP) is 4.24. The summed E-state index contributed by atoms with van der Waals surface area (Å²) >= 11 is 6.69. The van der Waals surface area contributed by atoms with E-state index in [0.717, 1.165) is 11.1 Å². The molecule has 102 valence electrons. The number of benzene rings is 2. The van der Waals surface area contributed by atoms with Crippen molar-refractivity contribution in [3.8, 4) is 0 Å². The third-order valence-electron chi connectivity index (χ3n) is 3.09. The Hall–Kier alpha value is -1.40. The highest BCUT2D eigenvalue weighted by atomic mass is 79.9. The zero-order valence-electron chi connectivity index (χ0n) is 10.1. The molecule has 3 nitrogen and oxygen atoms in total. The quantitative estimate of drug-likeness (QED) is 0.622. The molecule has 6 heteroatoms. The van der Waals surface area contributed by atoms with Crippen LogP contribution in [0.1, 0.15) is 16.0 Å². The molecule has 2 N–H and O–H groups in total. The van der Waals surface area contributed by atoms with Crippen molar-refractivity contribution in [2.75, 3.05) is 0 Å². The number of H-pyrrole nitrogens is 2. The van der Waals surface area contributed by atoms with Gasteiger partial charge < -0.3 is 9.97 Å². The normalized spacial score (nSPS) is 12.8. The van der Waals surface area contributed by atoms with E-state index in [1.807, 2.05) is 12.1 Å². The van der Waals surface area contributed by atoms with E-state index >= 15 is 0 Å². The maximum atomic E-state index is 14.1. The Balaban J connectivity index is 2.09. The summed E-state index contributed by atoms with van der Waals surface area (Å²) in [6, 6.07) is 10.6. The zero-order chi connectivity index (χ0) is 14.3. The van der Waals surface area contributed by atoms with Gasteiger partial charge in [-0.1, -0.05) is 34.1 Å². The van der Waals surface area contributed by atoms with E-state index in [4.69, 9.17) is 0 Å². The molecule has 1 atom stereocenters. The SMILES string of the molecule is O=c1[nH]c2ccc(C(Br)c3cccc(Br)c3F)cc2[nH]1. The first-order valence-corrected chi connectivity index (χ1v) is 7.57. The minimum atomic E-state index is -0.294. The van der Waals surface area contributed by atoms with E-state index in [2.05, 4.69) is 41.8 Å². The highest BCUT2D eigenvalue weighted by Crippen LogP contribution is 2.35. The molecule has 20 heavy (non-hydrogen) atoms. The lowest BCUT2D eigenvalue weighted by Crippen LogP contribution is -1.99. The average Bonchev–Trinajstić information content (AvgIpc) is 2.80. The van der Waals surface area contributed by atoms with E-state index in [0.29, 0.717) is 15.6 Å². The predicted molar refractivity (Wildman–Crippen MR) is 83.8 cm³/mol. The Labute approximate surface area is 130 Å². The van der Waals surface area contributed by atoms with E-state index in [1.165, 1.54) is 0 Å². The van der Waals surface area contributed by atoms with Crippen molar-refractivity contribution in [1.29, 1.82) is 0 Å². The second kappa shape index (κ2) is 5.18. The van der Waals surface area contributed by atoms with Crippen LogP contribution in [0.4, 0.5) is 4.39 Å². The van der Waals surface area contributed by atoms with Gasteiger partial charge in [0.2, 0.25) is 0 Å². The molecule has 2 aromatic carbocycles. The molecule has 0 bridgehead atoms. The largest absolute Gasteiger partial charge is 0.323 e. The monoisotopic (exact) mass is 398 g/mol. The third-order valence-corrected chi connectivity index (χ3v) is 4.72. The number of fused-ring (bicyclic) bond motifs is 1. The molecule has 3 rings (SSSR count). The molecule has 1 heterocycles. The van der Waals surface area contributed by atoms with E-state index in [-0.39, 0.29) is 16.3 Å². The molecular formula is C14H9Br2FN2O. The molecule has 0 fully saturated rings. The second-order valence-corrected chi connectivity index (χ2v) is 6.16. The highest BCUT2D eigenvalue weighted by molar-refractivity contribution is 9.10. The number of hydrogen-bond acceptors (Lipinski definition) is 1. The van der Waals surface area contributed by atoms with Gasteiger partial charge in [0, 0.05) is 5.56 Å². The summed E-state index contributed by atoms with van der Waals surface area (Å²) in [7, 11) is 0. The van der Waals surface area contributed by atoms with Crippen molar-refractivity contribution in [1.82, 2.24) is 9.97 Å². The first-order chi connectivity index (χ1) is 9.56. The van der Waals surface area contributed by atoms with Crippen LogP contribution < -0.4 is 5.69 Å². The number of hydrogen-bond donors (Lipinski definition) is 2. The van der Waals surface area contributed by atoms with Crippen LogP contribution in [0, 0.1) is 5.82 Å². The standard InChI is InChI=1S/C14H9Br2FN2O/c15-9-3-1-2-8(13(9)17)12(16)7-4-5-10-11(6-7)19-14(20)18-10/h1-6,12H,(H2,18,19,20). The lowest BCUT2D eigenvalue weighted by molar-refractivity contribution is 0.607. The van der Waals surface area contributed by atoms with Gasteiger partial charge in [-0.15, -0.1) is 0 Å². The average molecular weight is 400 g/mol. The molecule has 0 aliphatic carbocycles. The zero-order valence-corrected chi connectivity index (χ0v) is 13.3. The molecule has 1 unspecified atom stereocenters. The van der Waals surface area contributed by atoms with Gasteiger partial charge in [-0.25, -0.2) is 9.18 Å². The molecule has 0 aliphatic rings. The molecule has 1 aromatic heterocycles. The van der Waals surface area contributed by atoms with Crippen molar-refractivity contribution < 1.29 is 4.39 Å². The summed E-state index contributed by atoms with van der Waals surface area (Å²) in [6.07, 6.45) is 0. The van der Waals surface area contributed by atoms with Crippen molar-refractivity contribution in [2.45, 2.75) is 4.83 Å². The van der Waals surface area contributed by atoms with Gasteiger partial charge in [-0.3, -0.25) is 0 Å². The smallest absolute Gasteiger partial charge is 0.306 e. The summed E-state index contributed by atoms with van der Waals surface area (Å²) in [5, 5.41) is 0. The fourth-order valence-corrected chi connectivity index (χ4v) is 3.12. The summed E-state index contributed by atoms with van der Waals surface area (Å²) < 4.78 is 14.5. The van der Waals surface area contributed by atoms with Crippen molar-refractivity contribution in [3.05, 3.63) is 68.3 Å². The molecule has 0 saturated heterocycles. The lowest BCUT2D eigenvalue weighted by atomic mass is 10.0. The third kappa shape index (κ3) is 2.33. The molecule has 0 saturated carbocycles. The van der Waals surface area contributed by atoms with Crippen LogP contribution >= 0.6 is 31.9 Å². The summed E-state index contributed by atoms with van der Waals surface area (Å²) in [6.45, 7) is 0. The number of alkyl halides is 1. The van der Waals surface area contributed by atoms with Gasteiger partial charge >= 0.3 is 5.69 Å². The Morgan fingerprint density at radius 2 is 1.85 bits per heavy atom. The molecular weight excluding hydrogens is 391 g/mol. The first-order valence-electron chi connectivity index (χ1n) is 5.86. The molecule has 0 spiro atoms. The van der Waals surface area contributed by atoms with Crippen LogP contribution in [-0.2, 0) is 0 Å². The Kier molecular flexibility index (Phi) is 3.52. The first kappa shape index (κ1) is 13.6. The maximum Gasteiger partial charge on any atom is 0.323 e. The summed E-state index contributed by atoms with van der Waals surface area (Å²) in [5.41, 5.74) is 2.58. The van der Waals surface area contributed by atoms with Crippen LogP contribution in [0.5, 0.6) is 0 Å². The van der Waals surface area contributed by atoms with E-state index in [9.17, 15) is 9.18 Å². The van der Waals surface area contributed by atoms with E-state index < -0.39 is 0 Å². The van der Waals surface area contributed by atoms with Crippen molar-refractivity contribution >= 4 is 42.9 Å². The van der Waals surface area contributed by atoms with Gasteiger partial charge in [0.25, 0.3) is 0 Å². The number of nitrogens with one attached hydrogen (secondary N) is 2. The Morgan fingerprint density at radius 1 is 1.10 bits per heavy atom. The van der Waals surface area contributed by atoms with E-state index in [1.54, 1.807) is 24.3 Å². The molecule has 0 radical (unpaired) electrons. The van der Waals surface area contributed by atoms with Crippen LogP contribution in [0.25, 0.3) is 11.0 Å². The Morgan fingerprint density at radius 3 is 2.65 bits per heavy atom. The lowest BCUT2D eigenvalue weighted by Gasteiger charge is -2.12. The minimum absolute atomic E-state index is 0.253. The maximum absolute atomic E-state index is 14.1. The van der Waals surface area contributed by atoms with Gasteiger partial charge in [0.15, 0.2) is 0 Å². The van der Waals surface area contributed by atoms with Crippen molar-refractivity contribution in [3.63, 3.8) is 0 Å². The number of aromatic nitrogens is 2. The second-order valence-electron chi connectivity index (χ2n) is 4.39. The van der Waals surface area contributed by atoms with Crippen LogP contribution in [0.3, 0.4) is 0 Å². The number of imidazole rings is 1.